The lowest BCUT2D eigenvalue weighted by Crippen LogP contribution is -2.66. The summed E-state index contributed by atoms with van der Waals surface area (Å²) in [6.07, 6.45) is -20.5. The van der Waals surface area contributed by atoms with Gasteiger partial charge >= 0.3 is 11.9 Å². The molecule has 2 aromatic rings. The van der Waals surface area contributed by atoms with Crippen molar-refractivity contribution in [2.24, 2.45) is 0 Å². The van der Waals surface area contributed by atoms with Gasteiger partial charge in [0, 0.05) is 12.2 Å². The third-order valence-electron chi connectivity index (χ3n) is 10.4. The van der Waals surface area contributed by atoms with Gasteiger partial charge in [0.05, 0.1) is 41.7 Å². The Bertz CT molecular complexity index is 1910. The van der Waals surface area contributed by atoms with E-state index in [1.807, 2.05) is 0 Å². The zero-order chi connectivity index (χ0) is 47.0. The van der Waals surface area contributed by atoms with E-state index < -0.39 is 124 Å². The van der Waals surface area contributed by atoms with Crippen molar-refractivity contribution < 1.29 is 118 Å². The van der Waals surface area contributed by atoms with Gasteiger partial charge in [0.1, 0.15) is 74.3 Å². The van der Waals surface area contributed by atoms with Crippen LogP contribution in [0.25, 0.3) is 12.2 Å². The largest absolute Gasteiger partial charge is 0.502 e. The van der Waals surface area contributed by atoms with E-state index in [1.165, 1.54) is 64.9 Å². The lowest BCUT2D eigenvalue weighted by atomic mass is 9.96. The molecule has 3 aliphatic heterocycles. The molecule has 64 heavy (non-hydrogen) atoms. The van der Waals surface area contributed by atoms with Crippen LogP contribution >= 0.6 is 0 Å². The Balaban J connectivity index is 1.42. The highest BCUT2D eigenvalue weighted by molar-refractivity contribution is 5.88. The number of rotatable bonds is 18. The summed E-state index contributed by atoms with van der Waals surface area (Å²) in [6.45, 7) is -3.89. The lowest BCUT2D eigenvalue weighted by Gasteiger charge is -2.47. The number of phenols is 2. The first kappa shape index (κ1) is 50.1. The van der Waals surface area contributed by atoms with E-state index in [4.69, 9.17) is 52.1 Å². The van der Waals surface area contributed by atoms with Crippen LogP contribution in [0.2, 0.25) is 0 Å². The van der Waals surface area contributed by atoms with E-state index in [1.54, 1.807) is 0 Å². The fourth-order valence-electron chi connectivity index (χ4n) is 6.97. The molecule has 0 unspecified atom stereocenters. The van der Waals surface area contributed by atoms with Crippen LogP contribution in [-0.2, 0) is 42.7 Å². The first-order valence-electron chi connectivity index (χ1n) is 19.4. The van der Waals surface area contributed by atoms with Gasteiger partial charge in [-0.1, -0.05) is 0 Å². The van der Waals surface area contributed by atoms with E-state index >= 15 is 0 Å². The fraction of sp³-hybridized carbons (Fsp3) is 0.550. The van der Waals surface area contributed by atoms with Gasteiger partial charge in [-0.2, -0.15) is 0 Å². The van der Waals surface area contributed by atoms with Crippen LogP contribution in [-0.4, -0.2) is 208 Å². The van der Waals surface area contributed by atoms with Gasteiger partial charge in [0.2, 0.25) is 17.3 Å². The monoisotopic (exact) mass is 916 g/mol. The maximum Gasteiger partial charge on any atom is 0.331 e. The molecule has 24 heteroatoms. The molecule has 3 saturated heterocycles. The molecule has 0 aromatic heterocycles. The fourth-order valence-corrected chi connectivity index (χ4v) is 6.97. The summed E-state index contributed by atoms with van der Waals surface area (Å²) >= 11 is 0. The topological polar surface area (TPSA) is 358 Å². The molecule has 5 rings (SSSR count). The van der Waals surface area contributed by atoms with Crippen LogP contribution < -0.4 is 18.9 Å². The summed E-state index contributed by atoms with van der Waals surface area (Å²) in [6, 6.07) is 5.47. The molecule has 3 heterocycles. The number of aliphatic hydroxyl groups is 9. The molecule has 0 saturated carbocycles. The van der Waals surface area contributed by atoms with Crippen LogP contribution in [0.4, 0.5) is 0 Å². The number of phenolic OH excluding ortho intramolecular Hbond substituents is 2. The molecule has 14 atom stereocenters. The second-order valence-corrected chi connectivity index (χ2v) is 14.4. The van der Waals surface area contributed by atoms with Crippen LogP contribution in [0.3, 0.4) is 0 Å². The predicted octanol–water partition coefficient (Wildman–Crippen LogP) is -3.60. The van der Waals surface area contributed by atoms with E-state index in [0.717, 1.165) is 12.2 Å². The molecule has 0 bridgehead atoms. The second kappa shape index (κ2) is 21.9. The smallest absolute Gasteiger partial charge is 0.331 e. The van der Waals surface area contributed by atoms with Crippen molar-refractivity contribution in [2.75, 3.05) is 54.9 Å². The van der Waals surface area contributed by atoms with Crippen molar-refractivity contribution in [3.63, 3.8) is 0 Å². The molecule has 0 radical (unpaired) electrons. The molecule has 0 spiro atoms. The van der Waals surface area contributed by atoms with E-state index in [-0.39, 0.29) is 40.1 Å². The summed E-state index contributed by atoms with van der Waals surface area (Å²) in [7, 11) is 5.16. The Labute approximate surface area is 364 Å². The van der Waals surface area contributed by atoms with E-state index in [0.29, 0.717) is 5.56 Å². The maximum absolute atomic E-state index is 13.2. The molecular weight excluding hydrogens is 864 g/mol. The first-order valence-corrected chi connectivity index (χ1v) is 19.4. The van der Waals surface area contributed by atoms with Crippen LogP contribution in [0.1, 0.15) is 11.1 Å². The van der Waals surface area contributed by atoms with Crippen LogP contribution in [0.15, 0.2) is 36.4 Å². The summed E-state index contributed by atoms with van der Waals surface area (Å²) in [5, 5.41) is 116. The summed E-state index contributed by atoms with van der Waals surface area (Å²) < 4.78 is 59.7. The number of aromatic hydroxyl groups is 2. The van der Waals surface area contributed by atoms with Crippen molar-refractivity contribution >= 4 is 24.1 Å². The summed E-state index contributed by atoms with van der Waals surface area (Å²) in [5.74, 6) is -5.44. The molecule has 356 valence electrons. The lowest BCUT2D eigenvalue weighted by molar-refractivity contribution is -0.399. The number of hydrogen-bond donors (Lipinski definition) is 11. The minimum Gasteiger partial charge on any atom is -0.502 e. The third-order valence-corrected chi connectivity index (χ3v) is 10.4. The van der Waals surface area contributed by atoms with Crippen molar-refractivity contribution in [2.45, 2.75) is 85.5 Å². The van der Waals surface area contributed by atoms with E-state index in [2.05, 4.69) is 0 Å². The standard InChI is InChI=1S/C40H52O24/c1-54-19-9-17(10-20(55-2)28(19)46)5-7-26(44)58-15-25-31(49)36(62-38-34(52)33(51)30(48)23(13-41)59-38)35(53)39(60-25)64-40(16-43)37(32(50)24(14-42)63-40)61-27(45)8-6-18-11-21(56-3)29(47)22(12-18)57-4/h5-12,23-25,30-39,41-43,46-53H,13-16H2,1-4H3/b7-5-,8-6+/t23-,24+,25-,30+,31-,32-,33-,34-,35-,36+,37+,38+,39-,40+/m1/s1. The summed E-state index contributed by atoms with van der Waals surface area (Å²) in [4.78, 5) is 26.2. The number of carbonyl (C=O) groups is 2. The molecule has 3 fully saturated rings. The van der Waals surface area contributed by atoms with Crippen molar-refractivity contribution in [3.05, 3.63) is 47.5 Å². The Morgan fingerprint density at radius 3 is 1.61 bits per heavy atom. The third kappa shape index (κ3) is 10.8. The average molecular weight is 917 g/mol. The van der Waals surface area contributed by atoms with Crippen LogP contribution in [0, 0.1) is 0 Å². The van der Waals surface area contributed by atoms with Crippen LogP contribution in [0.5, 0.6) is 34.5 Å². The molecular formula is C40H52O24. The number of carbonyl (C=O) groups excluding carboxylic acids is 2. The van der Waals surface area contributed by atoms with Gasteiger partial charge in [-0.15, -0.1) is 0 Å². The zero-order valence-corrected chi connectivity index (χ0v) is 34.7. The molecule has 2 aromatic carbocycles. The average Bonchev–Trinajstić information content (AvgIpc) is 3.56. The number of esters is 2. The number of ether oxygens (including phenoxy) is 11. The molecule has 24 nitrogen and oxygen atoms in total. The zero-order valence-electron chi connectivity index (χ0n) is 34.7. The molecule has 0 aliphatic carbocycles. The van der Waals surface area contributed by atoms with Crippen molar-refractivity contribution in [3.8, 4) is 34.5 Å². The maximum atomic E-state index is 13.2. The number of hydrogen-bond acceptors (Lipinski definition) is 24. The molecule has 3 aliphatic rings. The number of aliphatic hydroxyl groups excluding tert-OH is 9. The number of methoxy groups -OCH3 is 4. The Morgan fingerprint density at radius 2 is 1.12 bits per heavy atom. The Morgan fingerprint density at radius 1 is 0.625 bits per heavy atom. The highest BCUT2D eigenvalue weighted by Crippen LogP contribution is 2.41. The van der Waals surface area contributed by atoms with Gasteiger partial charge < -0.3 is 108 Å². The first-order chi connectivity index (χ1) is 30.5. The highest BCUT2D eigenvalue weighted by Gasteiger charge is 2.61. The summed E-state index contributed by atoms with van der Waals surface area (Å²) in [5.41, 5.74) is 0.595. The van der Waals surface area contributed by atoms with Gasteiger partial charge in [0.25, 0.3) is 0 Å². The molecule has 0 amide bonds. The van der Waals surface area contributed by atoms with Gasteiger partial charge in [-0.05, 0) is 47.5 Å². The van der Waals surface area contributed by atoms with Crippen molar-refractivity contribution in [1.82, 2.24) is 0 Å². The quantitative estimate of drug-likeness (QED) is 0.0508. The Kier molecular flexibility index (Phi) is 17.1. The minimum absolute atomic E-state index is 0.00356. The predicted molar refractivity (Wildman–Crippen MR) is 210 cm³/mol. The van der Waals surface area contributed by atoms with E-state index in [9.17, 15) is 65.8 Å². The normalized spacial score (nSPS) is 33.0. The van der Waals surface area contributed by atoms with Gasteiger partial charge in [-0.25, -0.2) is 9.59 Å². The minimum atomic E-state index is -2.67. The highest BCUT2D eigenvalue weighted by atomic mass is 16.8. The number of benzene rings is 2. The SMILES string of the molecule is COc1cc(/C=C\C(=O)OC[C@H]2O[C@H](O[C@]3(CO)O[C@@H](CO)[C@@H](O)[C@@H]3OC(=O)/C=C/c3cc(OC)c(O)c(OC)c3)[C@H](O)[C@@H](O[C@@H]3O[C@H](CO)[C@H](O)[C@@H](O)[C@H]3O)[C@@H]2O)cc(OC)c1O. The molecule has 11 N–H and O–H groups in total. The van der Waals surface area contributed by atoms with Gasteiger partial charge in [0.15, 0.2) is 41.7 Å². The second-order valence-electron chi connectivity index (χ2n) is 14.4. The Hall–Kier alpha value is -4.90. The van der Waals surface area contributed by atoms with Crippen molar-refractivity contribution in [1.29, 1.82) is 0 Å². The van der Waals surface area contributed by atoms with Gasteiger partial charge in [-0.3, -0.25) is 0 Å².